The number of hydrogen-bond donors (Lipinski definition) is 2. The van der Waals surface area contributed by atoms with E-state index in [0.717, 1.165) is 18.7 Å². The number of piperidine rings is 3. The smallest absolute Gasteiger partial charge is 0.288 e. The normalized spacial score (nSPS) is 29.4. The van der Waals surface area contributed by atoms with Gasteiger partial charge >= 0.3 is 0 Å². The fourth-order valence-corrected chi connectivity index (χ4v) is 3.84. The first-order chi connectivity index (χ1) is 11.2. The summed E-state index contributed by atoms with van der Waals surface area (Å²) in [5, 5.41) is 10.1. The molecule has 1 aromatic heterocycles. The number of amides is 1. The van der Waals surface area contributed by atoms with Gasteiger partial charge in [0.2, 0.25) is 5.82 Å². The van der Waals surface area contributed by atoms with E-state index < -0.39 is 0 Å². The Balaban J connectivity index is 1.49. The molecule has 2 aromatic rings. The number of rotatable bonds is 3. The summed E-state index contributed by atoms with van der Waals surface area (Å²) < 4.78 is 0. The molecule has 1 amide bonds. The SMILES string of the molecule is C[C@@H]1[C@H](NC(=O)c2nc(-c3ccccc3)n[nH]2)C2CCN1CC2. The minimum absolute atomic E-state index is 0.162. The van der Waals surface area contributed by atoms with E-state index in [1.807, 2.05) is 30.3 Å². The summed E-state index contributed by atoms with van der Waals surface area (Å²) >= 11 is 0. The van der Waals surface area contributed by atoms with Crippen LogP contribution in [0.3, 0.4) is 0 Å². The number of carbonyl (C=O) groups excluding carboxylic acids is 1. The van der Waals surface area contributed by atoms with Crippen LogP contribution in [0.15, 0.2) is 30.3 Å². The minimum Gasteiger partial charge on any atom is -0.345 e. The van der Waals surface area contributed by atoms with E-state index in [0.29, 0.717) is 17.8 Å². The molecule has 0 saturated carbocycles. The topological polar surface area (TPSA) is 73.9 Å². The van der Waals surface area contributed by atoms with Crippen molar-refractivity contribution in [3.63, 3.8) is 0 Å². The number of carbonyl (C=O) groups is 1. The van der Waals surface area contributed by atoms with Crippen molar-refractivity contribution >= 4 is 5.91 Å². The molecule has 0 radical (unpaired) electrons. The van der Waals surface area contributed by atoms with Gasteiger partial charge in [-0.05, 0) is 38.8 Å². The van der Waals surface area contributed by atoms with Crippen molar-refractivity contribution in [2.24, 2.45) is 5.92 Å². The number of benzene rings is 1. The predicted molar refractivity (Wildman–Crippen MR) is 86.8 cm³/mol. The predicted octanol–water partition coefficient (Wildman–Crippen LogP) is 1.68. The highest BCUT2D eigenvalue weighted by atomic mass is 16.2. The molecule has 120 valence electrons. The molecule has 2 atom stereocenters. The van der Waals surface area contributed by atoms with Crippen LogP contribution in [0.5, 0.6) is 0 Å². The molecule has 0 spiro atoms. The molecule has 2 bridgehead atoms. The van der Waals surface area contributed by atoms with Crippen LogP contribution in [0.4, 0.5) is 0 Å². The Hall–Kier alpha value is -2.21. The summed E-state index contributed by atoms with van der Waals surface area (Å²) in [5.74, 6) is 1.26. The highest BCUT2D eigenvalue weighted by Crippen LogP contribution is 2.32. The standard InChI is InChI=1S/C17H21N5O/c1-11-14(12-7-9-22(11)10-8-12)18-17(23)16-19-15(20-21-16)13-5-3-2-4-6-13/h2-6,11-12,14H,7-10H2,1H3,(H,18,23)(H,19,20,21)/t11-,14+/m1/s1. The van der Waals surface area contributed by atoms with Crippen LogP contribution in [0.2, 0.25) is 0 Å². The summed E-state index contributed by atoms with van der Waals surface area (Å²) in [6.07, 6.45) is 2.34. The number of hydrogen-bond acceptors (Lipinski definition) is 4. The molecule has 5 rings (SSSR count). The Bertz CT molecular complexity index is 688. The maximum absolute atomic E-state index is 12.5. The maximum Gasteiger partial charge on any atom is 0.288 e. The number of fused-ring (bicyclic) bond motifs is 3. The number of aromatic amines is 1. The van der Waals surface area contributed by atoms with Gasteiger partial charge in [-0.2, -0.15) is 5.10 Å². The molecule has 6 nitrogen and oxygen atoms in total. The molecular formula is C17H21N5O. The molecule has 4 heterocycles. The average Bonchev–Trinajstić information content (AvgIpc) is 3.09. The van der Waals surface area contributed by atoms with Crippen LogP contribution in [-0.4, -0.2) is 51.2 Å². The van der Waals surface area contributed by atoms with Crippen LogP contribution >= 0.6 is 0 Å². The van der Waals surface area contributed by atoms with Crippen LogP contribution in [0.1, 0.15) is 30.4 Å². The van der Waals surface area contributed by atoms with Gasteiger partial charge in [0.25, 0.3) is 5.91 Å². The van der Waals surface area contributed by atoms with Crippen LogP contribution < -0.4 is 5.32 Å². The zero-order chi connectivity index (χ0) is 15.8. The van der Waals surface area contributed by atoms with E-state index in [1.165, 1.54) is 12.8 Å². The van der Waals surface area contributed by atoms with E-state index in [9.17, 15) is 4.79 Å². The Morgan fingerprint density at radius 3 is 2.70 bits per heavy atom. The first-order valence-corrected chi connectivity index (χ1v) is 8.25. The second-order valence-corrected chi connectivity index (χ2v) is 6.49. The van der Waals surface area contributed by atoms with Crippen molar-refractivity contribution in [1.29, 1.82) is 0 Å². The third-order valence-corrected chi connectivity index (χ3v) is 5.21. The lowest BCUT2D eigenvalue weighted by molar-refractivity contribution is 0.0215. The number of nitrogens with zero attached hydrogens (tertiary/aromatic N) is 3. The average molecular weight is 311 g/mol. The zero-order valence-corrected chi connectivity index (χ0v) is 13.2. The lowest BCUT2D eigenvalue weighted by atomic mass is 9.79. The molecule has 3 aliphatic rings. The third-order valence-electron chi connectivity index (χ3n) is 5.21. The molecule has 2 N–H and O–H groups in total. The molecule has 23 heavy (non-hydrogen) atoms. The second kappa shape index (κ2) is 5.77. The van der Waals surface area contributed by atoms with Gasteiger partial charge in [0.1, 0.15) is 0 Å². The third kappa shape index (κ3) is 2.63. The van der Waals surface area contributed by atoms with Crippen LogP contribution in [0, 0.1) is 5.92 Å². The fourth-order valence-electron chi connectivity index (χ4n) is 3.84. The quantitative estimate of drug-likeness (QED) is 0.904. The summed E-state index contributed by atoms with van der Waals surface area (Å²) in [6, 6.07) is 10.3. The van der Waals surface area contributed by atoms with Crippen LogP contribution in [-0.2, 0) is 0 Å². The van der Waals surface area contributed by atoms with Crippen molar-refractivity contribution in [2.45, 2.75) is 31.8 Å². The molecule has 0 aliphatic carbocycles. The van der Waals surface area contributed by atoms with Crippen molar-refractivity contribution in [1.82, 2.24) is 25.4 Å². The number of H-pyrrole nitrogens is 1. The molecule has 6 heteroatoms. The van der Waals surface area contributed by atoms with Crippen molar-refractivity contribution < 1.29 is 4.79 Å². The lowest BCUT2D eigenvalue weighted by Crippen LogP contribution is -2.62. The lowest BCUT2D eigenvalue weighted by Gasteiger charge is -2.49. The maximum atomic E-state index is 12.5. The Morgan fingerprint density at radius 1 is 1.26 bits per heavy atom. The van der Waals surface area contributed by atoms with Crippen molar-refractivity contribution in [2.75, 3.05) is 13.1 Å². The number of aromatic nitrogens is 3. The Labute approximate surface area is 135 Å². The van der Waals surface area contributed by atoms with E-state index >= 15 is 0 Å². The Kier molecular flexibility index (Phi) is 3.61. The first kappa shape index (κ1) is 14.4. The summed E-state index contributed by atoms with van der Waals surface area (Å²) in [4.78, 5) is 19.3. The minimum atomic E-state index is -0.162. The van der Waals surface area contributed by atoms with Gasteiger partial charge in [-0.25, -0.2) is 4.98 Å². The summed E-state index contributed by atoms with van der Waals surface area (Å²) in [5.41, 5.74) is 0.902. The van der Waals surface area contributed by atoms with Gasteiger partial charge in [0, 0.05) is 17.6 Å². The van der Waals surface area contributed by atoms with E-state index in [1.54, 1.807) is 0 Å². The summed E-state index contributed by atoms with van der Waals surface area (Å²) in [6.45, 7) is 4.50. The molecular weight excluding hydrogens is 290 g/mol. The number of nitrogens with one attached hydrogen (secondary N) is 2. The van der Waals surface area contributed by atoms with Gasteiger partial charge in [-0.1, -0.05) is 30.3 Å². The van der Waals surface area contributed by atoms with Gasteiger partial charge in [-0.3, -0.25) is 14.8 Å². The monoisotopic (exact) mass is 311 g/mol. The highest BCUT2D eigenvalue weighted by Gasteiger charge is 2.40. The summed E-state index contributed by atoms with van der Waals surface area (Å²) in [7, 11) is 0. The van der Waals surface area contributed by atoms with Crippen molar-refractivity contribution in [3.8, 4) is 11.4 Å². The van der Waals surface area contributed by atoms with Crippen molar-refractivity contribution in [3.05, 3.63) is 36.2 Å². The van der Waals surface area contributed by atoms with Gasteiger partial charge < -0.3 is 5.32 Å². The van der Waals surface area contributed by atoms with Gasteiger partial charge in [0.05, 0.1) is 0 Å². The molecule has 3 fully saturated rings. The fraction of sp³-hybridized carbons (Fsp3) is 0.471. The molecule has 0 unspecified atom stereocenters. The highest BCUT2D eigenvalue weighted by molar-refractivity contribution is 5.91. The van der Waals surface area contributed by atoms with Gasteiger partial charge in [0.15, 0.2) is 5.82 Å². The largest absolute Gasteiger partial charge is 0.345 e. The van der Waals surface area contributed by atoms with E-state index in [4.69, 9.17) is 0 Å². The molecule has 3 saturated heterocycles. The zero-order valence-electron chi connectivity index (χ0n) is 13.2. The van der Waals surface area contributed by atoms with Gasteiger partial charge in [-0.15, -0.1) is 0 Å². The first-order valence-electron chi connectivity index (χ1n) is 8.25. The second-order valence-electron chi connectivity index (χ2n) is 6.49. The van der Waals surface area contributed by atoms with Crippen LogP contribution in [0.25, 0.3) is 11.4 Å². The molecule has 3 aliphatic heterocycles. The van der Waals surface area contributed by atoms with E-state index in [-0.39, 0.29) is 17.8 Å². The van der Waals surface area contributed by atoms with E-state index in [2.05, 4.69) is 32.3 Å². The Morgan fingerprint density at radius 2 is 2.00 bits per heavy atom. The molecule has 1 aromatic carbocycles.